The molecule has 0 radical (unpaired) electrons. The quantitative estimate of drug-likeness (QED) is 0.818. The zero-order chi connectivity index (χ0) is 13.1. The summed E-state index contributed by atoms with van der Waals surface area (Å²) >= 11 is 0. The van der Waals surface area contributed by atoms with Gasteiger partial charge in [-0.1, -0.05) is 17.7 Å². The molecule has 0 spiro atoms. The Labute approximate surface area is 103 Å². The molecule has 0 amide bonds. The van der Waals surface area contributed by atoms with E-state index in [2.05, 4.69) is 11.4 Å². The van der Waals surface area contributed by atoms with Crippen molar-refractivity contribution in [3.63, 3.8) is 0 Å². The van der Waals surface area contributed by atoms with E-state index in [4.69, 9.17) is 4.74 Å². The Bertz CT molecular complexity index is 405. The molecule has 0 aliphatic carbocycles. The molecule has 1 N–H and O–H groups in total. The molecule has 0 saturated carbocycles. The predicted molar refractivity (Wildman–Crippen MR) is 70.3 cm³/mol. The van der Waals surface area contributed by atoms with Crippen LogP contribution in [0.5, 0.6) is 0 Å². The molecule has 17 heavy (non-hydrogen) atoms. The number of rotatable bonds is 3. The summed E-state index contributed by atoms with van der Waals surface area (Å²) in [4.78, 5) is 11.5. The number of ether oxygens (including phenoxy) is 1. The maximum atomic E-state index is 11.5. The van der Waals surface area contributed by atoms with Crippen LogP contribution in [0.2, 0.25) is 0 Å². The Hall–Kier alpha value is -1.51. The average molecular weight is 235 g/mol. The minimum absolute atomic E-state index is 0.196. The summed E-state index contributed by atoms with van der Waals surface area (Å²) in [7, 11) is 0. The van der Waals surface area contributed by atoms with Gasteiger partial charge in [0.1, 0.15) is 12.1 Å². The fourth-order valence-electron chi connectivity index (χ4n) is 1.56. The first kappa shape index (κ1) is 13.6. The van der Waals surface area contributed by atoms with E-state index in [1.165, 1.54) is 5.56 Å². The van der Waals surface area contributed by atoms with Gasteiger partial charge in [0, 0.05) is 5.69 Å². The van der Waals surface area contributed by atoms with Gasteiger partial charge in [0.15, 0.2) is 0 Å². The topological polar surface area (TPSA) is 38.3 Å². The van der Waals surface area contributed by atoms with Gasteiger partial charge in [0.05, 0.1) is 0 Å². The van der Waals surface area contributed by atoms with Crippen LogP contribution in [0.1, 0.15) is 31.9 Å². The molecule has 0 bridgehead atoms. The van der Waals surface area contributed by atoms with Crippen molar-refractivity contribution in [1.82, 2.24) is 0 Å². The summed E-state index contributed by atoms with van der Waals surface area (Å²) in [5.74, 6) is -0.238. The third kappa shape index (κ3) is 4.89. The monoisotopic (exact) mass is 235 g/mol. The van der Waals surface area contributed by atoms with Crippen LogP contribution >= 0.6 is 0 Å². The van der Waals surface area contributed by atoms with Crippen molar-refractivity contribution in [2.75, 3.05) is 11.9 Å². The van der Waals surface area contributed by atoms with E-state index < -0.39 is 5.60 Å². The van der Waals surface area contributed by atoms with E-state index in [0.717, 1.165) is 11.3 Å². The fourth-order valence-corrected chi connectivity index (χ4v) is 1.56. The second-order valence-corrected chi connectivity index (χ2v) is 5.26. The molecule has 0 atom stereocenters. The van der Waals surface area contributed by atoms with Gasteiger partial charge in [-0.3, -0.25) is 4.79 Å². The van der Waals surface area contributed by atoms with Gasteiger partial charge in [-0.15, -0.1) is 0 Å². The van der Waals surface area contributed by atoms with Crippen molar-refractivity contribution >= 4 is 11.7 Å². The smallest absolute Gasteiger partial charge is 0.325 e. The van der Waals surface area contributed by atoms with Gasteiger partial charge in [0.25, 0.3) is 0 Å². The Morgan fingerprint density at radius 1 is 1.29 bits per heavy atom. The number of anilines is 1. The van der Waals surface area contributed by atoms with Gasteiger partial charge in [-0.05, 0) is 46.2 Å². The molecule has 1 rings (SSSR count). The Balaban J connectivity index is 2.53. The van der Waals surface area contributed by atoms with E-state index in [9.17, 15) is 4.79 Å². The van der Waals surface area contributed by atoms with Gasteiger partial charge >= 0.3 is 5.97 Å². The second kappa shape index (κ2) is 5.21. The number of aryl methyl sites for hydroxylation is 2. The second-order valence-electron chi connectivity index (χ2n) is 5.26. The zero-order valence-corrected chi connectivity index (χ0v) is 11.3. The molecule has 1 aromatic rings. The Morgan fingerprint density at radius 3 is 2.47 bits per heavy atom. The summed E-state index contributed by atoms with van der Waals surface area (Å²) in [6, 6.07) is 6.08. The number of hydrogen-bond donors (Lipinski definition) is 1. The van der Waals surface area contributed by atoms with E-state index in [1.807, 2.05) is 46.8 Å². The predicted octanol–water partition coefficient (Wildman–Crippen LogP) is 3.06. The normalized spacial score (nSPS) is 11.1. The first-order valence-electron chi connectivity index (χ1n) is 5.81. The third-order valence-corrected chi connectivity index (χ3v) is 2.23. The van der Waals surface area contributed by atoms with Crippen molar-refractivity contribution < 1.29 is 9.53 Å². The Morgan fingerprint density at radius 2 is 1.94 bits per heavy atom. The van der Waals surface area contributed by atoms with Crippen molar-refractivity contribution in [3.8, 4) is 0 Å². The fraction of sp³-hybridized carbons (Fsp3) is 0.500. The highest BCUT2D eigenvalue weighted by atomic mass is 16.6. The van der Waals surface area contributed by atoms with Gasteiger partial charge < -0.3 is 10.1 Å². The molecular formula is C14H21NO2. The number of hydrogen-bond acceptors (Lipinski definition) is 3. The van der Waals surface area contributed by atoms with Gasteiger partial charge in [-0.2, -0.15) is 0 Å². The maximum absolute atomic E-state index is 11.5. The maximum Gasteiger partial charge on any atom is 0.325 e. The van der Waals surface area contributed by atoms with Gasteiger partial charge in [0.2, 0.25) is 0 Å². The van der Waals surface area contributed by atoms with E-state index in [-0.39, 0.29) is 12.5 Å². The lowest BCUT2D eigenvalue weighted by molar-refractivity contribution is -0.152. The first-order valence-corrected chi connectivity index (χ1v) is 5.81. The lowest BCUT2D eigenvalue weighted by Gasteiger charge is -2.20. The summed E-state index contributed by atoms with van der Waals surface area (Å²) in [5, 5.41) is 3.09. The highest BCUT2D eigenvalue weighted by Gasteiger charge is 2.15. The van der Waals surface area contributed by atoms with E-state index in [1.54, 1.807) is 0 Å². The van der Waals surface area contributed by atoms with Crippen LogP contribution in [0, 0.1) is 13.8 Å². The lowest BCUT2D eigenvalue weighted by Crippen LogP contribution is -2.28. The highest BCUT2D eigenvalue weighted by Crippen LogP contribution is 2.16. The molecule has 0 aromatic heterocycles. The summed E-state index contributed by atoms with van der Waals surface area (Å²) < 4.78 is 5.22. The first-order chi connectivity index (χ1) is 7.78. The van der Waals surface area contributed by atoms with Crippen molar-refractivity contribution in [2.45, 2.75) is 40.2 Å². The van der Waals surface area contributed by atoms with Crippen LogP contribution in [-0.2, 0) is 9.53 Å². The minimum atomic E-state index is -0.429. The third-order valence-electron chi connectivity index (χ3n) is 2.23. The number of nitrogens with one attached hydrogen (secondary N) is 1. The summed E-state index contributed by atoms with van der Waals surface area (Å²) in [6.07, 6.45) is 0. The van der Waals surface area contributed by atoms with Crippen LogP contribution in [0.15, 0.2) is 18.2 Å². The summed E-state index contributed by atoms with van der Waals surface area (Å²) in [5.41, 5.74) is 2.89. The molecule has 0 aliphatic rings. The molecule has 0 unspecified atom stereocenters. The number of esters is 1. The molecular weight excluding hydrogens is 214 g/mol. The molecule has 94 valence electrons. The zero-order valence-electron chi connectivity index (χ0n) is 11.3. The van der Waals surface area contributed by atoms with Crippen molar-refractivity contribution in [1.29, 1.82) is 0 Å². The van der Waals surface area contributed by atoms with Crippen LogP contribution in [-0.4, -0.2) is 18.1 Å². The summed E-state index contributed by atoms with van der Waals surface area (Å²) in [6.45, 7) is 9.85. The SMILES string of the molecule is Cc1ccc(NCC(=O)OC(C)(C)C)c(C)c1. The largest absolute Gasteiger partial charge is 0.459 e. The lowest BCUT2D eigenvalue weighted by atomic mass is 10.1. The number of carbonyl (C=O) groups is 1. The molecule has 0 heterocycles. The minimum Gasteiger partial charge on any atom is -0.459 e. The molecule has 3 nitrogen and oxygen atoms in total. The van der Waals surface area contributed by atoms with Crippen molar-refractivity contribution in [2.24, 2.45) is 0 Å². The van der Waals surface area contributed by atoms with Gasteiger partial charge in [-0.25, -0.2) is 0 Å². The molecule has 0 aliphatic heterocycles. The molecule has 1 aromatic carbocycles. The Kier molecular flexibility index (Phi) is 4.16. The van der Waals surface area contributed by atoms with Crippen LogP contribution < -0.4 is 5.32 Å². The average Bonchev–Trinajstić information content (AvgIpc) is 2.13. The van der Waals surface area contributed by atoms with Crippen LogP contribution in [0.4, 0.5) is 5.69 Å². The molecule has 0 fully saturated rings. The van der Waals surface area contributed by atoms with E-state index in [0.29, 0.717) is 0 Å². The standard InChI is InChI=1S/C14H21NO2/c1-10-6-7-12(11(2)8-10)15-9-13(16)17-14(3,4)5/h6-8,15H,9H2,1-5H3. The van der Waals surface area contributed by atoms with E-state index >= 15 is 0 Å². The van der Waals surface area contributed by atoms with Crippen molar-refractivity contribution in [3.05, 3.63) is 29.3 Å². The molecule has 0 saturated heterocycles. The van der Waals surface area contributed by atoms with Crippen LogP contribution in [0.3, 0.4) is 0 Å². The molecule has 3 heteroatoms. The number of carbonyl (C=O) groups excluding carboxylic acids is 1. The highest BCUT2D eigenvalue weighted by molar-refractivity contribution is 5.75. The van der Waals surface area contributed by atoms with Crippen LogP contribution in [0.25, 0.3) is 0 Å². The number of benzene rings is 1.